The van der Waals surface area contributed by atoms with Crippen molar-refractivity contribution in [1.29, 1.82) is 0 Å². The second-order valence-corrected chi connectivity index (χ2v) is 8.15. The monoisotopic (exact) mass is 266 g/mol. The zero-order chi connectivity index (χ0) is 16.1. The molecule has 100 valence electrons. The predicted octanol–water partition coefficient (Wildman–Crippen LogP) is -6.72. The molecule has 0 spiro atoms. The maximum Gasteiger partial charge on any atom is 0.315 e. The molecule has 0 saturated heterocycles. The van der Waals surface area contributed by atoms with Crippen LogP contribution in [0.4, 0.5) is 0 Å². The van der Waals surface area contributed by atoms with Crippen molar-refractivity contribution in [3.05, 3.63) is 0 Å². The van der Waals surface area contributed by atoms with Gasteiger partial charge in [0.05, 0.1) is 53.7 Å². The third-order valence-electron chi connectivity index (χ3n) is 6.86. The first-order valence-electron chi connectivity index (χ1n) is 7.47. The standard InChI is InChI=1S/C9H22B8O3/c1-2-20-5(19)3-4(18)7(12,13)9(16,17)8(14,15)6(3,10)11/h3H,2,10-17H2,1H3. The number of rotatable bonds is 2. The summed E-state index contributed by atoms with van der Waals surface area (Å²) in [5.41, 5.74) is 0. The Hall–Kier alpha value is -0.341. The molecule has 0 heterocycles. The Morgan fingerprint density at radius 1 is 1.05 bits per heavy atom. The fourth-order valence-corrected chi connectivity index (χ4v) is 3.57. The maximum atomic E-state index is 13.0. The van der Waals surface area contributed by atoms with Gasteiger partial charge in [0.1, 0.15) is 27.4 Å². The maximum absolute atomic E-state index is 13.0. The van der Waals surface area contributed by atoms with Gasteiger partial charge in [-0.3, -0.25) is 9.59 Å². The number of hydrogen-bond donors (Lipinski definition) is 0. The molecular formula is C9H22B8O3. The lowest BCUT2D eigenvalue weighted by atomic mass is 9.06. The van der Waals surface area contributed by atoms with E-state index >= 15 is 0 Å². The molecule has 1 saturated carbocycles. The quantitative estimate of drug-likeness (QED) is 0.283. The van der Waals surface area contributed by atoms with Crippen LogP contribution in [0.25, 0.3) is 0 Å². The van der Waals surface area contributed by atoms with Crippen molar-refractivity contribution in [2.45, 2.75) is 27.8 Å². The highest BCUT2D eigenvalue weighted by Crippen LogP contribution is 2.71. The van der Waals surface area contributed by atoms with Gasteiger partial charge < -0.3 is 4.74 Å². The van der Waals surface area contributed by atoms with Crippen LogP contribution >= 0.6 is 0 Å². The molecule has 0 bridgehead atoms. The first kappa shape index (κ1) is 17.7. The fourth-order valence-electron chi connectivity index (χ4n) is 3.57. The van der Waals surface area contributed by atoms with Crippen LogP contribution in [0.1, 0.15) is 6.92 Å². The Morgan fingerprint density at radius 3 is 1.90 bits per heavy atom. The van der Waals surface area contributed by atoms with Crippen molar-refractivity contribution >= 4 is 74.5 Å². The lowest BCUT2D eigenvalue weighted by molar-refractivity contribution is -0.154. The number of Topliss-reactive ketones (excluding diaryl/α,β-unsaturated/α-hetero) is 1. The van der Waals surface area contributed by atoms with Crippen LogP contribution in [-0.4, -0.2) is 81.1 Å². The zero-order valence-electron chi connectivity index (χ0n) is 14.5. The van der Waals surface area contributed by atoms with Gasteiger partial charge in [0, 0.05) is 0 Å². The summed E-state index contributed by atoms with van der Waals surface area (Å²) in [6, 6.07) is 0. The normalized spacial score (nSPS) is 29.4. The van der Waals surface area contributed by atoms with E-state index in [-0.39, 0.29) is 22.2 Å². The molecule has 1 aliphatic rings. The summed E-state index contributed by atoms with van der Waals surface area (Å²) >= 11 is 0. The molecule has 0 aliphatic heterocycles. The molecule has 3 nitrogen and oxygen atoms in total. The van der Waals surface area contributed by atoms with E-state index in [1.165, 1.54) is 0 Å². The summed E-state index contributed by atoms with van der Waals surface area (Å²) < 4.78 is 5.18. The number of ketones is 1. The van der Waals surface area contributed by atoms with Gasteiger partial charge in [-0.1, -0.05) is 15.6 Å². The Bertz CT molecular complexity index is 444. The molecule has 0 aromatic carbocycles. The van der Waals surface area contributed by atoms with E-state index in [1.54, 1.807) is 6.92 Å². The molecule has 0 radical (unpaired) electrons. The Labute approximate surface area is 129 Å². The SMILES string of the molecule is BC1(B)C(=O)C(C(=O)OCC)C(B)(B)C(B)(B)C1(B)B. The fraction of sp³-hybridized carbons (Fsp3) is 0.778. The summed E-state index contributed by atoms with van der Waals surface area (Å²) in [7, 11) is 16.5. The predicted molar refractivity (Wildman–Crippen MR) is 104 cm³/mol. The van der Waals surface area contributed by atoms with E-state index in [0.717, 1.165) is 0 Å². The van der Waals surface area contributed by atoms with Gasteiger partial charge >= 0.3 is 5.97 Å². The van der Waals surface area contributed by atoms with Crippen molar-refractivity contribution in [2.75, 3.05) is 6.61 Å². The molecule has 0 N–H and O–H groups in total. The highest BCUT2D eigenvalue weighted by atomic mass is 16.5. The molecule has 1 unspecified atom stereocenters. The first-order chi connectivity index (χ1) is 8.76. The Kier molecular flexibility index (Phi) is 4.29. The van der Waals surface area contributed by atoms with Crippen molar-refractivity contribution in [3.8, 4) is 0 Å². The lowest BCUT2D eigenvalue weighted by Gasteiger charge is -2.66. The van der Waals surface area contributed by atoms with Crippen molar-refractivity contribution in [1.82, 2.24) is 0 Å². The van der Waals surface area contributed by atoms with Gasteiger partial charge in [-0.05, 0) is 12.1 Å². The average Bonchev–Trinajstić information content (AvgIpc) is 2.26. The number of carbonyl (C=O) groups excluding carboxylic acids is 2. The highest BCUT2D eigenvalue weighted by molar-refractivity contribution is 6.71. The van der Waals surface area contributed by atoms with Crippen molar-refractivity contribution in [3.63, 3.8) is 0 Å². The van der Waals surface area contributed by atoms with Gasteiger partial charge in [-0.15, -0.1) is 0 Å². The van der Waals surface area contributed by atoms with Crippen LogP contribution in [0.5, 0.6) is 0 Å². The van der Waals surface area contributed by atoms with E-state index in [0.29, 0.717) is 6.61 Å². The van der Waals surface area contributed by atoms with E-state index in [4.69, 9.17) is 4.74 Å². The largest absolute Gasteiger partial charge is 0.465 e. The topological polar surface area (TPSA) is 43.4 Å². The van der Waals surface area contributed by atoms with Gasteiger partial charge in [0.2, 0.25) is 0 Å². The summed E-state index contributed by atoms with van der Waals surface area (Å²) in [5.74, 6) is -1.06. The lowest BCUT2D eigenvalue weighted by Crippen LogP contribution is -2.63. The van der Waals surface area contributed by atoms with Crippen molar-refractivity contribution in [2.24, 2.45) is 5.92 Å². The Morgan fingerprint density at radius 2 is 1.50 bits per heavy atom. The second-order valence-electron chi connectivity index (χ2n) is 8.15. The summed E-state index contributed by atoms with van der Waals surface area (Å²) in [5, 5.41) is -1.42. The van der Waals surface area contributed by atoms with E-state index < -0.39 is 16.3 Å². The molecule has 0 aromatic heterocycles. The Balaban J connectivity index is 3.49. The minimum absolute atomic E-state index is 0.00488. The minimum Gasteiger partial charge on any atom is -0.465 e. The van der Waals surface area contributed by atoms with Gasteiger partial charge in [0.15, 0.2) is 0 Å². The molecular weight excluding hydrogens is 243 g/mol. The van der Waals surface area contributed by atoms with Crippen LogP contribution in [0, 0.1) is 5.92 Å². The molecule has 11 heteroatoms. The van der Waals surface area contributed by atoms with Crippen LogP contribution in [0.3, 0.4) is 0 Å². The number of carbonyl (C=O) groups is 2. The molecule has 1 rings (SSSR count). The molecule has 1 fully saturated rings. The van der Waals surface area contributed by atoms with Crippen molar-refractivity contribution < 1.29 is 14.3 Å². The molecule has 0 amide bonds. The van der Waals surface area contributed by atoms with E-state index in [1.807, 2.05) is 31.4 Å². The number of hydrogen-bond acceptors (Lipinski definition) is 3. The van der Waals surface area contributed by atoms with Crippen LogP contribution in [-0.2, 0) is 14.3 Å². The van der Waals surface area contributed by atoms with Gasteiger partial charge in [-0.25, -0.2) is 0 Å². The molecule has 1 aliphatic carbocycles. The van der Waals surface area contributed by atoms with Gasteiger partial charge in [0.25, 0.3) is 0 Å². The second kappa shape index (κ2) is 4.84. The average molecular weight is 265 g/mol. The third-order valence-corrected chi connectivity index (χ3v) is 6.86. The third kappa shape index (κ3) is 1.99. The summed E-state index contributed by atoms with van der Waals surface area (Å²) in [4.78, 5) is 25.3. The van der Waals surface area contributed by atoms with Crippen LogP contribution in [0.15, 0.2) is 0 Å². The molecule has 0 aromatic rings. The summed E-state index contributed by atoms with van der Waals surface area (Å²) in [6.07, 6.45) is 0. The van der Waals surface area contributed by atoms with E-state index in [2.05, 4.69) is 31.4 Å². The smallest absolute Gasteiger partial charge is 0.315 e. The summed E-state index contributed by atoms with van der Waals surface area (Å²) in [6.45, 7) is 2.08. The van der Waals surface area contributed by atoms with Crippen LogP contribution < -0.4 is 0 Å². The van der Waals surface area contributed by atoms with Gasteiger partial charge in [-0.2, -0.15) is 0 Å². The number of esters is 1. The number of ether oxygens (including phenoxy) is 1. The zero-order valence-corrected chi connectivity index (χ0v) is 14.5. The van der Waals surface area contributed by atoms with Crippen LogP contribution in [0.2, 0.25) is 20.9 Å². The molecule has 20 heavy (non-hydrogen) atoms. The molecule has 1 atom stereocenters. The highest BCUT2D eigenvalue weighted by Gasteiger charge is 2.66. The minimum atomic E-state index is -0.694. The van der Waals surface area contributed by atoms with E-state index in [9.17, 15) is 9.59 Å². The first-order valence-corrected chi connectivity index (χ1v) is 7.47.